The summed E-state index contributed by atoms with van der Waals surface area (Å²) in [6.45, 7) is 5.87. The number of carbonyl (C=O) groups is 1. The molecule has 2 unspecified atom stereocenters. The fourth-order valence-electron chi connectivity index (χ4n) is 8.21. The van der Waals surface area contributed by atoms with Crippen molar-refractivity contribution in [3.63, 3.8) is 0 Å². The number of nitro groups is 1. The second-order valence-corrected chi connectivity index (χ2v) is 17.4. The van der Waals surface area contributed by atoms with Crippen LogP contribution in [-0.2, 0) is 14.8 Å². The number of rotatable bonds is 13. The number of aromatic amines is 1. The summed E-state index contributed by atoms with van der Waals surface area (Å²) in [5.41, 5.74) is 2.54. The topological polar surface area (TPSA) is 172 Å². The van der Waals surface area contributed by atoms with Gasteiger partial charge in [0.2, 0.25) is 0 Å². The summed E-state index contributed by atoms with van der Waals surface area (Å²) in [7, 11) is -4.55. The molecule has 3 N–H and O–H groups in total. The number of ether oxygens (including phenoxy) is 2. The Morgan fingerprint density at radius 3 is 2.54 bits per heavy atom. The predicted molar refractivity (Wildman–Crippen MR) is 227 cm³/mol. The van der Waals surface area contributed by atoms with Gasteiger partial charge >= 0.3 is 0 Å². The van der Waals surface area contributed by atoms with Crippen LogP contribution in [0.5, 0.6) is 11.5 Å². The number of H-pyrrole nitrogens is 1. The molecule has 2 saturated heterocycles. The molecule has 4 heterocycles. The van der Waals surface area contributed by atoms with Gasteiger partial charge in [-0.05, 0) is 97.5 Å². The van der Waals surface area contributed by atoms with Crippen LogP contribution in [0.25, 0.3) is 11.0 Å². The smallest absolute Gasteiger partial charge is 0.293 e. The Hall–Kier alpha value is -5.48. The lowest BCUT2D eigenvalue weighted by atomic mass is 9.78. The Bertz CT molecular complexity index is 2450. The van der Waals surface area contributed by atoms with Crippen LogP contribution < -0.4 is 19.7 Å². The van der Waals surface area contributed by atoms with Crippen LogP contribution in [0.4, 0.5) is 17.1 Å². The first-order chi connectivity index (χ1) is 28.6. The maximum Gasteiger partial charge on any atom is 0.293 e. The van der Waals surface area contributed by atoms with Gasteiger partial charge in [-0.3, -0.25) is 19.8 Å². The van der Waals surface area contributed by atoms with Crippen LogP contribution in [0.3, 0.4) is 0 Å². The van der Waals surface area contributed by atoms with E-state index < -0.39 is 31.4 Å². The number of amides is 1. The molecule has 59 heavy (non-hydrogen) atoms. The maximum absolute atomic E-state index is 13.9. The average Bonchev–Trinajstić information content (AvgIpc) is 3.72. The van der Waals surface area contributed by atoms with E-state index in [9.17, 15) is 23.3 Å². The number of nitro benzene ring substituents is 1. The largest absolute Gasteiger partial charge is 0.455 e. The Labute approximate surface area is 347 Å². The second-order valence-electron chi connectivity index (χ2n) is 15.3. The minimum absolute atomic E-state index is 0.0343. The quantitative estimate of drug-likeness (QED) is 0.0602. The van der Waals surface area contributed by atoms with Gasteiger partial charge in [-0.2, -0.15) is 0 Å². The standard InChI is InChI=1S/C43H46ClN7O7S/c44-33-7-5-30(6-8-33)37-4-2-1-3-32(37)28-49-17-19-50(20-18-49)34-9-11-38(41(24-34)58-35-23-31-13-16-45-42(31)47-27-35)43(52)48-59(55,56)36-10-12-39(40(25-36)51(53)54)46-26-29-14-21-57-22-15-29/h1-2,5-13,16,23-25,27,29,32,37,46H,3-4,14-15,17-22,26,28H2,(H,45,47)(H,48,52). The number of sulfonamides is 1. The average molecular weight is 840 g/mol. The van der Waals surface area contributed by atoms with Crippen molar-refractivity contribution < 1.29 is 27.6 Å². The number of piperazine rings is 1. The van der Waals surface area contributed by atoms with Gasteiger partial charge in [0.1, 0.15) is 22.8 Å². The molecule has 3 aromatic carbocycles. The monoisotopic (exact) mass is 839 g/mol. The molecule has 2 fully saturated rings. The molecule has 16 heteroatoms. The number of nitrogens with one attached hydrogen (secondary N) is 3. The summed E-state index contributed by atoms with van der Waals surface area (Å²) in [5, 5.41) is 16.7. The van der Waals surface area contributed by atoms with E-state index in [1.165, 1.54) is 23.9 Å². The van der Waals surface area contributed by atoms with Gasteiger partial charge in [0.15, 0.2) is 0 Å². The predicted octanol–water partition coefficient (Wildman–Crippen LogP) is 7.75. The molecular formula is C43H46ClN7O7S. The first-order valence-corrected chi connectivity index (χ1v) is 21.8. The molecule has 2 aromatic heterocycles. The van der Waals surface area contributed by atoms with E-state index in [-0.39, 0.29) is 22.9 Å². The summed E-state index contributed by atoms with van der Waals surface area (Å²) in [6, 6.07) is 20.5. The molecule has 14 nitrogen and oxygen atoms in total. The molecule has 3 aliphatic rings. The minimum Gasteiger partial charge on any atom is -0.455 e. The number of anilines is 2. The van der Waals surface area contributed by atoms with Crippen LogP contribution in [0.2, 0.25) is 5.02 Å². The van der Waals surface area contributed by atoms with E-state index in [1.54, 1.807) is 30.5 Å². The van der Waals surface area contributed by atoms with Gasteiger partial charge in [-0.15, -0.1) is 0 Å². The summed E-state index contributed by atoms with van der Waals surface area (Å²) >= 11 is 6.18. The molecule has 2 atom stereocenters. The number of nitrogens with zero attached hydrogens (tertiary/aromatic N) is 4. The lowest BCUT2D eigenvalue weighted by Crippen LogP contribution is -2.48. The fraction of sp³-hybridized carbons (Fsp3) is 0.349. The Morgan fingerprint density at radius 1 is 0.983 bits per heavy atom. The van der Waals surface area contributed by atoms with Crippen LogP contribution in [-0.4, -0.2) is 86.6 Å². The van der Waals surface area contributed by atoms with Crippen molar-refractivity contribution in [2.75, 3.05) is 62.7 Å². The highest BCUT2D eigenvalue weighted by Crippen LogP contribution is 2.37. The van der Waals surface area contributed by atoms with Gasteiger partial charge in [-0.25, -0.2) is 18.1 Å². The number of allylic oxidation sites excluding steroid dienone is 2. The number of fused-ring (bicyclic) bond motifs is 1. The summed E-state index contributed by atoms with van der Waals surface area (Å²) in [4.78, 5) is 37.0. The first kappa shape index (κ1) is 40.3. The van der Waals surface area contributed by atoms with Crippen molar-refractivity contribution in [2.24, 2.45) is 11.8 Å². The van der Waals surface area contributed by atoms with Gasteiger partial charge in [-0.1, -0.05) is 35.9 Å². The highest BCUT2D eigenvalue weighted by atomic mass is 35.5. The number of pyridine rings is 1. The zero-order valence-electron chi connectivity index (χ0n) is 32.4. The summed E-state index contributed by atoms with van der Waals surface area (Å²) < 4.78 is 41.1. The van der Waals surface area contributed by atoms with Crippen molar-refractivity contribution in [1.82, 2.24) is 19.6 Å². The molecule has 0 radical (unpaired) electrons. The van der Waals surface area contributed by atoms with E-state index in [1.807, 2.05) is 18.2 Å². The SMILES string of the molecule is O=C(NS(=O)(=O)c1ccc(NCC2CCOCC2)c([N+](=O)[O-])c1)c1ccc(N2CCN(CC3CC=CCC3c3ccc(Cl)cc3)CC2)cc1Oc1cnc2[nH]ccc2c1. The molecule has 308 valence electrons. The summed E-state index contributed by atoms with van der Waals surface area (Å²) in [5.74, 6) is 0.720. The normalized spacial score (nSPS) is 19.1. The Kier molecular flexibility index (Phi) is 12.2. The maximum atomic E-state index is 13.9. The highest BCUT2D eigenvalue weighted by molar-refractivity contribution is 7.90. The molecule has 0 spiro atoms. The van der Waals surface area contributed by atoms with E-state index in [2.05, 4.69) is 54.1 Å². The number of hydrogen-bond donors (Lipinski definition) is 3. The number of carbonyl (C=O) groups excluding carboxylic acids is 1. The van der Waals surface area contributed by atoms with Crippen molar-refractivity contribution >= 4 is 55.6 Å². The molecule has 8 rings (SSSR count). The first-order valence-electron chi connectivity index (χ1n) is 19.9. The third kappa shape index (κ3) is 9.54. The van der Waals surface area contributed by atoms with Crippen molar-refractivity contribution in [3.8, 4) is 11.5 Å². The van der Waals surface area contributed by atoms with E-state index in [4.69, 9.17) is 21.1 Å². The van der Waals surface area contributed by atoms with Gasteiger partial charge < -0.3 is 24.7 Å². The van der Waals surface area contributed by atoms with Gasteiger partial charge in [0.05, 0.1) is 21.6 Å². The van der Waals surface area contributed by atoms with Crippen LogP contribution in [0.1, 0.15) is 47.5 Å². The third-order valence-electron chi connectivity index (χ3n) is 11.5. The number of aromatic nitrogens is 2. The second kappa shape index (κ2) is 17.8. The van der Waals surface area contributed by atoms with Crippen LogP contribution in [0.15, 0.2) is 102 Å². The van der Waals surface area contributed by atoms with Crippen molar-refractivity contribution in [1.29, 1.82) is 0 Å². The number of hydrogen-bond acceptors (Lipinski definition) is 11. The molecule has 0 bridgehead atoms. The lowest BCUT2D eigenvalue weighted by molar-refractivity contribution is -0.384. The van der Waals surface area contributed by atoms with Crippen molar-refractivity contribution in [3.05, 3.63) is 124 Å². The molecular weight excluding hydrogens is 794 g/mol. The van der Waals surface area contributed by atoms with Crippen LogP contribution >= 0.6 is 11.6 Å². The van der Waals surface area contributed by atoms with E-state index in [0.29, 0.717) is 43.0 Å². The fourth-order valence-corrected chi connectivity index (χ4v) is 9.32. The van der Waals surface area contributed by atoms with E-state index >= 15 is 0 Å². The Morgan fingerprint density at radius 2 is 1.76 bits per heavy atom. The molecule has 1 amide bonds. The van der Waals surface area contributed by atoms with Gasteiger partial charge in [0.25, 0.3) is 21.6 Å². The molecule has 2 aliphatic heterocycles. The molecule has 1 aliphatic carbocycles. The number of benzene rings is 3. The highest BCUT2D eigenvalue weighted by Gasteiger charge is 2.30. The van der Waals surface area contributed by atoms with Crippen molar-refractivity contribution in [2.45, 2.75) is 36.5 Å². The third-order valence-corrected chi connectivity index (χ3v) is 13.1. The number of halogens is 1. The summed E-state index contributed by atoms with van der Waals surface area (Å²) in [6.07, 6.45) is 11.5. The van der Waals surface area contributed by atoms with E-state index in [0.717, 1.165) is 80.6 Å². The van der Waals surface area contributed by atoms with Crippen LogP contribution in [0, 0.1) is 22.0 Å². The minimum atomic E-state index is -4.55. The lowest BCUT2D eigenvalue weighted by Gasteiger charge is -2.39. The van der Waals surface area contributed by atoms with Gasteiger partial charge in [0, 0.05) is 86.9 Å². The zero-order chi connectivity index (χ0) is 40.9. The Balaban J connectivity index is 0.987. The molecule has 5 aromatic rings. The molecule has 0 saturated carbocycles. The zero-order valence-corrected chi connectivity index (χ0v) is 34.0.